The van der Waals surface area contributed by atoms with E-state index in [1.165, 1.54) is 95.6 Å². The number of unbranched alkanes of at least 4 members (excludes halogenated alkanes) is 14. The molecule has 0 bridgehead atoms. The van der Waals surface area contributed by atoms with Crippen LogP contribution in [-0.2, 0) is 9.59 Å². The molecule has 0 aliphatic carbocycles. The Balaban J connectivity index is 1.82. The van der Waals surface area contributed by atoms with Gasteiger partial charge < -0.3 is 15.7 Å². The molecule has 0 fully saturated rings. The van der Waals surface area contributed by atoms with Crippen molar-refractivity contribution in [3.8, 4) is 5.75 Å². The van der Waals surface area contributed by atoms with Crippen molar-refractivity contribution in [1.82, 2.24) is 5.32 Å². The number of anilines is 1. The van der Waals surface area contributed by atoms with E-state index in [0.717, 1.165) is 12.8 Å². The SMILES string of the molecule is CCCCCCCCCCCCCCCCCC(=O)NCCCC(=O)Nc1ccc(O)cc1. The summed E-state index contributed by atoms with van der Waals surface area (Å²) < 4.78 is 0. The van der Waals surface area contributed by atoms with E-state index < -0.39 is 0 Å². The topological polar surface area (TPSA) is 78.4 Å². The molecule has 0 unspecified atom stereocenters. The molecule has 0 aromatic heterocycles. The number of carbonyl (C=O) groups is 2. The minimum atomic E-state index is -0.0858. The first kappa shape index (κ1) is 29.0. The third kappa shape index (κ3) is 18.1. The molecule has 5 nitrogen and oxygen atoms in total. The second kappa shape index (κ2) is 20.6. The third-order valence-corrected chi connectivity index (χ3v) is 6.06. The smallest absolute Gasteiger partial charge is 0.224 e. The molecule has 1 aromatic rings. The summed E-state index contributed by atoms with van der Waals surface area (Å²) >= 11 is 0. The van der Waals surface area contributed by atoms with Gasteiger partial charge in [-0.05, 0) is 37.1 Å². The van der Waals surface area contributed by atoms with Gasteiger partial charge in [-0.2, -0.15) is 0 Å². The van der Waals surface area contributed by atoms with Gasteiger partial charge in [0.15, 0.2) is 0 Å². The third-order valence-electron chi connectivity index (χ3n) is 6.06. The van der Waals surface area contributed by atoms with Crippen molar-refractivity contribution in [2.75, 3.05) is 11.9 Å². The number of benzene rings is 1. The first-order valence-corrected chi connectivity index (χ1v) is 13.5. The number of rotatable bonds is 21. The van der Waals surface area contributed by atoms with Crippen LogP contribution in [0.1, 0.15) is 122 Å². The molecular weight excluding hydrogens is 412 g/mol. The van der Waals surface area contributed by atoms with Crippen molar-refractivity contribution >= 4 is 17.5 Å². The standard InChI is InChI=1S/C28H48N2O3/c1-2-3-4-5-6-7-8-9-10-11-12-13-14-15-16-18-27(32)29-24-17-19-28(33)30-25-20-22-26(31)23-21-25/h20-23,31H,2-19,24H2,1H3,(H,29,32)(H,30,33). The van der Waals surface area contributed by atoms with E-state index in [1.807, 2.05) is 0 Å². The van der Waals surface area contributed by atoms with Gasteiger partial charge in [0.25, 0.3) is 0 Å². The van der Waals surface area contributed by atoms with Crippen molar-refractivity contribution in [2.45, 2.75) is 122 Å². The van der Waals surface area contributed by atoms with Crippen molar-refractivity contribution in [2.24, 2.45) is 0 Å². The van der Waals surface area contributed by atoms with Crippen LogP contribution in [0.2, 0.25) is 0 Å². The van der Waals surface area contributed by atoms with E-state index in [9.17, 15) is 14.7 Å². The molecule has 5 heteroatoms. The number of hydrogen-bond acceptors (Lipinski definition) is 3. The van der Waals surface area contributed by atoms with E-state index in [-0.39, 0.29) is 17.6 Å². The molecule has 1 rings (SSSR count). The largest absolute Gasteiger partial charge is 0.508 e. The number of amides is 2. The van der Waals surface area contributed by atoms with Gasteiger partial charge in [0.05, 0.1) is 0 Å². The fourth-order valence-corrected chi connectivity index (χ4v) is 3.99. The van der Waals surface area contributed by atoms with E-state index in [4.69, 9.17) is 0 Å². The van der Waals surface area contributed by atoms with Gasteiger partial charge in [-0.3, -0.25) is 9.59 Å². The summed E-state index contributed by atoms with van der Waals surface area (Å²) in [6, 6.07) is 6.39. The maximum atomic E-state index is 11.9. The second-order valence-electron chi connectivity index (χ2n) is 9.25. The van der Waals surface area contributed by atoms with Crippen LogP contribution in [0, 0.1) is 0 Å². The Labute approximate surface area is 202 Å². The van der Waals surface area contributed by atoms with Crippen LogP contribution >= 0.6 is 0 Å². The maximum absolute atomic E-state index is 11.9. The van der Waals surface area contributed by atoms with Gasteiger partial charge in [0.1, 0.15) is 5.75 Å². The van der Waals surface area contributed by atoms with E-state index in [1.54, 1.807) is 12.1 Å². The zero-order valence-corrected chi connectivity index (χ0v) is 21.0. The summed E-state index contributed by atoms with van der Waals surface area (Å²) in [7, 11) is 0. The van der Waals surface area contributed by atoms with Crippen molar-refractivity contribution < 1.29 is 14.7 Å². The van der Waals surface area contributed by atoms with Crippen LogP contribution in [0.4, 0.5) is 5.69 Å². The summed E-state index contributed by atoms with van der Waals surface area (Å²) in [5, 5.41) is 14.9. The Hall–Kier alpha value is -2.04. The minimum absolute atomic E-state index is 0.0858. The van der Waals surface area contributed by atoms with Crippen LogP contribution in [0.5, 0.6) is 5.75 Å². The highest BCUT2D eigenvalue weighted by Gasteiger charge is 2.04. The second-order valence-corrected chi connectivity index (χ2v) is 9.25. The molecule has 3 N–H and O–H groups in total. The number of aromatic hydroxyl groups is 1. The zero-order chi connectivity index (χ0) is 24.0. The van der Waals surface area contributed by atoms with Gasteiger partial charge in [0.2, 0.25) is 11.8 Å². The fourth-order valence-electron chi connectivity index (χ4n) is 3.99. The van der Waals surface area contributed by atoms with E-state index >= 15 is 0 Å². The van der Waals surface area contributed by atoms with Crippen LogP contribution in [-0.4, -0.2) is 23.5 Å². The van der Waals surface area contributed by atoms with Crippen molar-refractivity contribution in [3.05, 3.63) is 24.3 Å². The van der Waals surface area contributed by atoms with Gasteiger partial charge in [0, 0.05) is 25.1 Å². The molecule has 0 aliphatic rings. The average molecular weight is 461 g/mol. The van der Waals surface area contributed by atoms with E-state index in [0.29, 0.717) is 31.5 Å². The van der Waals surface area contributed by atoms with Crippen molar-refractivity contribution in [3.63, 3.8) is 0 Å². The van der Waals surface area contributed by atoms with Gasteiger partial charge >= 0.3 is 0 Å². The number of phenolic OH excluding ortho intramolecular Hbond substituents is 1. The quantitative estimate of drug-likeness (QED) is 0.131. The highest BCUT2D eigenvalue weighted by Crippen LogP contribution is 2.15. The molecule has 188 valence electrons. The van der Waals surface area contributed by atoms with Crippen LogP contribution in [0.3, 0.4) is 0 Å². The Bertz CT molecular complexity index is 616. The summed E-state index contributed by atoms with van der Waals surface area (Å²) in [5.74, 6) is 0.172. The summed E-state index contributed by atoms with van der Waals surface area (Å²) in [4.78, 5) is 23.8. The summed E-state index contributed by atoms with van der Waals surface area (Å²) in [6.45, 7) is 2.80. The van der Waals surface area contributed by atoms with Gasteiger partial charge in [-0.25, -0.2) is 0 Å². The highest BCUT2D eigenvalue weighted by molar-refractivity contribution is 5.90. The zero-order valence-electron chi connectivity index (χ0n) is 21.0. The molecule has 0 saturated carbocycles. The maximum Gasteiger partial charge on any atom is 0.224 e. The van der Waals surface area contributed by atoms with Crippen LogP contribution in [0.15, 0.2) is 24.3 Å². The van der Waals surface area contributed by atoms with Crippen LogP contribution in [0.25, 0.3) is 0 Å². The average Bonchev–Trinajstić information content (AvgIpc) is 2.81. The normalized spacial score (nSPS) is 10.8. The summed E-state index contributed by atoms with van der Waals surface area (Å²) in [6.07, 6.45) is 21.4. The monoisotopic (exact) mass is 460 g/mol. The molecule has 0 aliphatic heterocycles. The van der Waals surface area contributed by atoms with Crippen LogP contribution < -0.4 is 10.6 Å². The van der Waals surface area contributed by atoms with Gasteiger partial charge in [-0.15, -0.1) is 0 Å². The Morgan fingerprint density at radius 2 is 1.09 bits per heavy atom. The molecular formula is C28H48N2O3. The molecule has 0 spiro atoms. The minimum Gasteiger partial charge on any atom is -0.508 e. The molecule has 0 saturated heterocycles. The fraction of sp³-hybridized carbons (Fsp3) is 0.714. The number of nitrogens with one attached hydrogen (secondary N) is 2. The summed E-state index contributed by atoms with van der Waals surface area (Å²) in [5.41, 5.74) is 0.662. The molecule has 0 radical (unpaired) electrons. The molecule has 33 heavy (non-hydrogen) atoms. The van der Waals surface area contributed by atoms with Crippen molar-refractivity contribution in [1.29, 1.82) is 0 Å². The lowest BCUT2D eigenvalue weighted by Gasteiger charge is -2.07. The Morgan fingerprint density at radius 3 is 1.61 bits per heavy atom. The lowest BCUT2D eigenvalue weighted by atomic mass is 10.0. The molecule has 0 atom stereocenters. The predicted octanol–water partition coefficient (Wildman–Crippen LogP) is 7.49. The Morgan fingerprint density at radius 1 is 0.636 bits per heavy atom. The first-order chi connectivity index (χ1) is 16.1. The Kier molecular flexibility index (Phi) is 18.1. The molecule has 1 aromatic carbocycles. The lowest BCUT2D eigenvalue weighted by Crippen LogP contribution is -2.25. The molecule has 0 heterocycles. The highest BCUT2D eigenvalue weighted by atomic mass is 16.3. The molecule has 2 amide bonds. The lowest BCUT2D eigenvalue weighted by molar-refractivity contribution is -0.121. The van der Waals surface area contributed by atoms with Gasteiger partial charge in [-0.1, -0.05) is 96.8 Å². The number of hydrogen-bond donors (Lipinski definition) is 3. The van der Waals surface area contributed by atoms with E-state index in [2.05, 4.69) is 17.6 Å². The number of phenols is 1. The predicted molar refractivity (Wildman–Crippen MR) is 139 cm³/mol. The first-order valence-electron chi connectivity index (χ1n) is 13.5. The number of carbonyl (C=O) groups excluding carboxylic acids is 2.